The van der Waals surface area contributed by atoms with E-state index in [1.165, 1.54) is 16.8 Å². The molecule has 0 atom stereocenters. The molecule has 2 heteroatoms. The van der Waals surface area contributed by atoms with Crippen LogP contribution in [0.25, 0.3) is 0 Å². The van der Waals surface area contributed by atoms with E-state index in [1.807, 2.05) is 0 Å². The van der Waals surface area contributed by atoms with Gasteiger partial charge in [0.1, 0.15) is 0 Å². The summed E-state index contributed by atoms with van der Waals surface area (Å²) in [6.45, 7) is 8.09. The van der Waals surface area contributed by atoms with E-state index >= 15 is 0 Å². The minimum atomic E-state index is 0. The van der Waals surface area contributed by atoms with Crippen molar-refractivity contribution in [1.82, 2.24) is 0 Å². The maximum atomic E-state index is 4.00. The fourth-order valence-corrected chi connectivity index (χ4v) is 2.30. The summed E-state index contributed by atoms with van der Waals surface area (Å²) in [4.78, 5) is 2.31. The SMILES string of the molecule is [CH2-]CN(CCC)c1ccc(Cc2ccccc2)cc1.[Y]. The molecule has 2 aromatic carbocycles. The van der Waals surface area contributed by atoms with Crippen molar-refractivity contribution in [3.63, 3.8) is 0 Å². The van der Waals surface area contributed by atoms with Crippen LogP contribution in [0.15, 0.2) is 54.6 Å². The van der Waals surface area contributed by atoms with Crippen molar-refractivity contribution in [1.29, 1.82) is 0 Å². The summed E-state index contributed by atoms with van der Waals surface area (Å²) < 4.78 is 0. The van der Waals surface area contributed by atoms with E-state index in [0.29, 0.717) is 0 Å². The minimum Gasteiger partial charge on any atom is -0.402 e. The summed E-state index contributed by atoms with van der Waals surface area (Å²) in [7, 11) is 0. The molecule has 0 fully saturated rings. The van der Waals surface area contributed by atoms with E-state index in [0.717, 1.165) is 25.9 Å². The van der Waals surface area contributed by atoms with Crippen LogP contribution in [0.1, 0.15) is 24.5 Å². The Morgan fingerprint density at radius 2 is 1.50 bits per heavy atom. The molecular weight excluding hydrogens is 319 g/mol. The second kappa shape index (κ2) is 9.31. The van der Waals surface area contributed by atoms with E-state index < -0.39 is 0 Å². The van der Waals surface area contributed by atoms with Crippen LogP contribution in [0.5, 0.6) is 0 Å². The molecule has 0 bridgehead atoms. The molecule has 0 amide bonds. The Kier molecular flexibility index (Phi) is 8.10. The second-order valence-corrected chi connectivity index (χ2v) is 4.82. The molecule has 103 valence electrons. The van der Waals surface area contributed by atoms with E-state index in [4.69, 9.17) is 0 Å². The van der Waals surface area contributed by atoms with Gasteiger partial charge in [-0.15, -0.1) is 6.54 Å². The third-order valence-corrected chi connectivity index (χ3v) is 3.32. The third-order valence-electron chi connectivity index (χ3n) is 3.32. The number of anilines is 1. The van der Waals surface area contributed by atoms with Crippen molar-refractivity contribution < 1.29 is 32.7 Å². The average Bonchev–Trinajstić information content (AvgIpc) is 2.47. The van der Waals surface area contributed by atoms with Gasteiger partial charge in [-0.3, -0.25) is 0 Å². The van der Waals surface area contributed by atoms with Gasteiger partial charge < -0.3 is 11.8 Å². The summed E-state index contributed by atoms with van der Waals surface area (Å²) in [5, 5.41) is 0. The molecule has 1 radical (unpaired) electrons. The average molecular weight is 341 g/mol. The fourth-order valence-electron chi connectivity index (χ4n) is 2.30. The first-order valence-electron chi connectivity index (χ1n) is 7.00. The molecular formula is C18H22NY-. The van der Waals surface area contributed by atoms with Gasteiger partial charge in [-0.05, 0) is 36.1 Å². The monoisotopic (exact) mass is 341 g/mol. The summed E-state index contributed by atoms with van der Waals surface area (Å²) in [6.07, 6.45) is 2.15. The summed E-state index contributed by atoms with van der Waals surface area (Å²) in [5.41, 5.74) is 3.99. The Labute approximate surface area is 148 Å². The van der Waals surface area contributed by atoms with Crippen LogP contribution in [0.3, 0.4) is 0 Å². The smallest absolute Gasteiger partial charge is 0.0341 e. The molecule has 0 aromatic heterocycles. The molecule has 0 saturated heterocycles. The second-order valence-electron chi connectivity index (χ2n) is 4.82. The van der Waals surface area contributed by atoms with Crippen LogP contribution >= 0.6 is 0 Å². The van der Waals surface area contributed by atoms with E-state index in [-0.39, 0.29) is 32.7 Å². The summed E-state index contributed by atoms with van der Waals surface area (Å²) in [6, 6.07) is 19.5. The van der Waals surface area contributed by atoms with Gasteiger partial charge in [0.2, 0.25) is 0 Å². The predicted molar refractivity (Wildman–Crippen MR) is 83.6 cm³/mol. The van der Waals surface area contributed by atoms with Crippen LogP contribution in [0.4, 0.5) is 5.69 Å². The van der Waals surface area contributed by atoms with Crippen LogP contribution in [-0.4, -0.2) is 13.1 Å². The molecule has 0 heterocycles. The molecule has 2 aromatic rings. The first kappa shape index (κ1) is 17.4. The Balaban J connectivity index is 0.00000200. The zero-order chi connectivity index (χ0) is 13.5. The van der Waals surface area contributed by atoms with Gasteiger partial charge in [-0.2, -0.15) is 0 Å². The Morgan fingerprint density at radius 1 is 0.900 bits per heavy atom. The van der Waals surface area contributed by atoms with Crippen LogP contribution in [0, 0.1) is 6.92 Å². The molecule has 0 aliphatic heterocycles. The zero-order valence-electron chi connectivity index (χ0n) is 12.3. The van der Waals surface area contributed by atoms with Crippen molar-refractivity contribution in [3.8, 4) is 0 Å². The minimum absolute atomic E-state index is 0. The Morgan fingerprint density at radius 3 is 2.05 bits per heavy atom. The van der Waals surface area contributed by atoms with E-state index in [9.17, 15) is 0 Å². The van der Waals surface area contributed by atoms with Gasteiger partial charge >= 0.3 is 0 Å². The van der Waals surface area contributed by atoms with Crippen molar-refractivity contribution >= 4 is 5.69 Å². The number of rotatable bonds is 6. The maximum absolute atomic E-state index is 4.00. The maximum Gasteiger partial charge on any atom is 0.0341 e. The first-order valence-corrected chi connectivity index (χ1v) is 7.00. The van der Waals surface area contributed by atoms with Gasteiger partial charge in [0, 0.05) is 44.9 Å². The topological polar surface area (TPSA) is 3.24 Å². The van der Waals surface area contributed by atoms with Crippen LogP contribution in [-0.2, 0) is 39.1 Å². The molecule has 0 N–H and O–H groups in total. The number of benzene rings is 2. The predicted octanol–water partition coefficient (Wildman–Crippen LogP) is 4.33. The van der Waals surface area contributed by atoms with Crippen molar-refractivity contribution in [3.05, 3.63) is 72.6 Å². The Bertz CT molecular complexity index is 479. The van der Waals surface area contributed by atoms with E-state index in [2.05, 4.69) is 73.3 Å². The normalized spacial score (nSPS) is 9.90. The molecule has 2 rings (SSSR count). The molecule has 0 aliphatic carbocycles. The molecule has 1 nitrogen and oxygen atoms in total. The number of hydrogen-bond donors (Lipinski definition) is 0. The van der Waals surface area contributed by atoms with Crippen molar-refractivity contribution in [2.24, 2.45) is 0 Å². The molecule has 0 spiro atoms. The first-order chi connectivity index (χ1) is 9.33. The standard InChI is InChI=1S/C18H22N.Y/c1-3-14-19(4-2)18-12-10-17(11-13-18)15-16-8-6-5-7-9-16;/h5-13H,2-4,14-15H2,1H3;/q-1;. The summed E-state index contributed by atoms with van der Waals surface area (Å²) in [5.74, 6) is 0. The number of nitrogens with zero attached hydrogens (tertiary/aromatic N) is 1. The molecule has 0 saturated carbocycles. The molecule has 20 heavy (non-hydrogen) atoms. The van der Waals surface area contributed by atoms with E-state index in [1.54, 1.807) is 0 Å². The molecule has 0 aliphatic rings. The number of hydrogen-bond acceptors (Lipinski definition) is 1. The van der Waals surface area contributed by atoms with Crippen molar-refractivity contribution in [2.75, 3.05) is 18.0 Å². The van der Waals surface area contributed by atoms with Crippen LogP contribution in [0.2, 0.25) is 0 Å². The Hall–Kier alpha value is -0.656. The largest absolute Gasteiger partial charge is 0.402 e. The van der Waals surface area contributed by atoms with Gasteiger partial charge in [0.15, 0.2) is 0 Å². The fraction of sp³-hybridized carbons (Fsp3) is 0.278. The summed E-state index contributed by atoms with van der Waals surface area (Å²) >= 11 is 0. The van der Waals surface area contributed by atoms with Gasteiger partial charge in [0.25, 0.3) is 0 Å². The van der Waals surface area contributed by atoms with Gasteiger partial charge in [-0.25, -0.2) is 0 Å². The van der Waals surface area contributed by atoms with Gasteiger partial charge in [-0.1, -0.05) is 49.4 Å². The van der Waals surface area contributed by atoms with Crippen LogP contribution < -0.4 is 4.90 Å². The third kappa shape index (κ3) is 5.03. The quantitative estimate of drug-likeness (QED) is 0.707. The van der Waals surface area contributed by atoms with Crippen molar-refractivity contribution in [2.45, 2.75) is 19.8 Å². The molecule has 0 unspecified atom stereocenters. The van der Waals surface area contributed by atoms with Gasteiger partial charge in [0.05, 0.1) is 0 Å². The zero-order valence-corrected chi connectivity index (χ0v) is 15.1.